The van der Waals surface area contributed by atoms with Gasteiger partial charge in [0.2, 0.25) is 5.91 Å². The van der Waals surface area contributed by atoms with Crippen LogP contribution in [-0.4, -0.2) is 71.9 Å². The molecule has 0 spiro atoms. The Morgan fingerprint density at radius 3 is 2.67 bits per heavy atom. The molecule has 1 unspecified atom stereocenters. The molecule has 1 aromatic heterocycles. The summed E-state index contributed by atoms with van der Waals surface area (Å²) in [6.45, 7) is 1.94. The first-order valence-electron chi connectivity index (χ1n) is 10.5. The van der Waals surface area contributed by atoms with Gasteiger partial charge in [-0.15, -0.1) is 11.3 Å². The molecule has 0 saturated carbocycles. The average Bonchev–Trinajstić information content (AvgIpc) is 3.40. The fourth-order valence-electron chi connectivity index (χ4n) is 3.28. The summed E-state index contributed by atoms with van der Waals surface area (Å²) in [5, 5.41) is 5.44. The van der Waals surface area contributed by atoms with Crippen LogP contribution in [0.2, 0.25) is 10.0 Å². The molecule has 1 N–H and O–H groups in total. The number of rotatable bonds is 11. The van der Waals surface area contributed by atoms with Gasteiger partial charge in [-0.25, -0.2) is 14.6 Å². The second-order valence-electron chi connectivity index (χ2n) is 7.46. The first-order valence-corrected chi connectivity index (χ1v) is 13.2. The van der Waals surface area contributed by atoms with Crippen molar-refractivity contribution in [1.29, 1.82) is 0 Å². The predicted octanol–water partition coefficient (Wildman–Crippen LogP) is 4.45. The number of alkyl halides is 3. The molecule has 1 amide bonds. The van der Waals surface area contributed by atoms with E-state index in [9.17, 15) is 27.6 Å². The fraction of sp³-hybridized carbons (Fsp3) is 0.429. The molecule has 1 atom stereocenters. The van der Waals surface area contributed by atoms with E-state index in [0.717, 1.165) is 11.3 Å². The van der Waals surface area contributed by atoms with E-state index < -0.39 is 18.1 Å². The van der Waals surface area contributed by atoms with Gasteiger partial charge in [0.15, 0.2) is 10.0 Å². The molecule has 1 aromatic carbocycles. The maximum absolute atomic E-state index is 12.3. The maximum atomic E-state index is 12.3. The van der Waals surface area contributed by atoms with Crippen LogP contribution < -0.4 is 10.1 Å². The summed E-state index contributed by atoms with van der Waals surface area (Å²) in [7, 11) is 0. The Kier molecular flexibility index (Phi) is 10.3. The van der Waals surface area contributed by atoms with E-state index in [2.05, 4.69) is 15.0 Å². The van der Waals surface area contributed by atoms with Gasteiger partial charge in [-0.2, -0.15) is 13.2 Å². The Morgan fingerprint density at radius 1 is 1.25 bits per heavy atom. The number of nitrogens with one attached hydrogen (secondary N) is 1. The largest absolute Gasteiger partial charge is 0.492 e. The number of halogens is 5. The molecule has 2 heterocycles. The van der Waals surface area contributed by atoms with Crippen LogP contribution in [-0.2, 0) is 14.3 Å². The van der Waals surface area contributed by atoms with Crippen LogP contribution in [0, 0.1) is 0 Å². The molecule has 1 saturated heterocycles. The zero-order chi connectivity index (χ0) is 26.3. The van der Waals surface area contributed by atoms with Crippen molar-refractivity contribution in [1.82, 2.24) is 15.2 Å². The summed E-state index contributed by atoms with van der Waals surface area (Å²) in [6, 6.07) is 4.95. The Morgan fingerprint density at radius 2 is 1.97 bits per heavy atom. The van der Waals surface area contributed by atoms with E-state index in [0.29, 0.717) is 65.0 Å². The topological polar surface area (TPSA) is 97.8 Å². The van der Waals surface area contributed by atoms with E-state index in [1.165, 1.54) is 17.1 Å². The van der Waals surface area contributed by atoms with Crippen LogP contribution in [0.15, 0.2) is 27.9 Å². The SMILES string of the molecule is O=C(OC(=O)C(F)(F)F)c1csc(SCCN2C(=O)CCC2CNCCOc2cc(Cl)cc(Cl)c2)n1. The minimum absolute atomic E-state index is 0.00827. The van der Waals surface area contributed by atoms with Gasteiger partial charge in [-0.05, 0) is 24.6 Å². The van der Waals surface area contributed by atoms with E-state index in [1.54, 1.807) is 23.1 Å². The first-order chi connectivity index (χ1) is 17.0. The Hall–Kier alpha value is -2.06. The van der Waals surface area contributed by atoms with Gasteiger partial charge in [-0.3, -0.25) is 4.79 Å². The summed E-state index contributed by atoms with van der Waals surface area (Å²) in [4.78, 5) is 40.4. The summed E-state index contributed by atoms with van der Waals surface area (Å²) in [6.07, 6.45) is -4.12. The number of nitrogens with zero attached hydrogens (tertiary/aromatic N) is 2. The van der Waals surface area contributed by atoms with Gasteiger partial charge in [0.25, 0.3) is 0 Å². The molecular formula is C21H20Cl2F3N3O5S2. The van der Waals surface area contributed by atoms with Gasteiger partial charge < -0.3 is 19.7 Å². The third-order valence-corrected chi connectivity index (χ3v) is 7.32. The van der Waals surface area contributed by atoms with Crippen molar-refractivity contribution in [3.63, 3.8) is 0 Å². The van der Waals surface area contributed by atoms with Crippen molar-refractivity contribution in [2.24, 2.45) is 0 Å². The molecule has 0 bridgehead atoms. The summed E-state index contributed by atoms with van der Waals surface area (Å²) < 4.78 is 46.5. The van der Waals surface area contributed by atoms with Gasteiger partial charge in [0, 0.05) is 53.3 Å². The minimum atomic E-state index is -5.27. The van der Waals surface area contributed by atoms with Crippen molar-refractivity contribution in [2.75, 3.05) is 32.0 Å². The molecule has 1 aliphatic rings. The number of thiazole rings is 1. The number of likely N-dealkylation sites (tertiary alicyclic amines) is 1. The number of aromatic nitrogens is 1. The highest BCUT2D eigenvalue weighted by atomic mass is 35.5. The number of amides is 1. The zero-order valence-corrected chi connectivity index (χ0v) is 21.6. The molecule has 36 heavy (non-hydrogen) atoms. The van der Waals surface area contributed by atoms with E-state index in [1.807, 2.05) is 0 Å². The lowest BCUT2D eigenvalue weighted by Gasteiger charge is -2.25. The van der Waals surface area contributed by atoms with E-state index in [-0.39, 0.29) is 17.6 Å². The third kappa shape index (κ3) is 8.51. The van der Waals surface area contributed by atoms with Crippen LogP contribution in [0.5, 0.6) is 5.75 Å². The third-order valence-electron chi connectivity index (χ3n) is 4.88. The van der Waals surface area contributed by atoms with Crippen LogP contribution in [0.3, 0.4) is 0 Å². The Labute approximate surface area is 222 Å². The second kappa shape index (κ2) is 13.0. The van der Waals surface area contributed by atoms with Crippen molar-refractivity contribution in [3.8, 4) is 5.75 Å². The van der Waals surface area contributed by atoms with Crippen molar-refractivity contribution in [3.05, 3.63) is 39.3 Å². The normalized spacial score (nSPS) is 15.9. The molecule has 15 heteroatoms. The van der Waals surface area contributed by atoms with Crippen LogP contribution in [0.25, 0.3) is 0 Å². The van der Waals surface area contributed by atoms with Gasteiger partial charge in [0.1, 0.15) is 12.4 Å². The summed E-state index contributed by atoms with van der Waals surface area (Å²) in [5.74, 6) is -3.01. The monoisotopic (exact) mass is 585 g/mol. The Bertz CT molecular complexity index is 1080. The highest BCUT2D eigenvalue weighted by Crippen LogP contribution is 2.26. The summed E-state index contributed by atoms with van der Waals surface area (Å²) >= 11 is 14.2. The molecule has 3 rings (SSSR count). The van der Waals surface area contributed by atoms with Crippen molar-refractivity contribution < 1.29 is 37.0 Å². The van der Waals surface area contributed by atoms with Gasteiger partial charge in [-0.1, -0.05) is 35.0 Å². The molecular weight excluding hydrogens is 566 g/mol. The van der Waals surface area contributed by atoms with Crippen LogP contribution in [0.1, 0.15) is 23.3 Å². The molecule has 0 radical (unpaired) electrons. The average molecular weight is 586 g/mol. The minimum Gasteiger partial charge on any atom is -0.492 e. The number of carbonyl (C=O) groups is 3. The fourth-order valence-corrected chi connectivity index (χ4v) is 5.59. The lowest BCUT2D eigenvalue weighted by molar-refractivity contribution is -0.193. The molecule has 0 aliphatic carbocycles. The highest BCUT2D eigenvalue weighted by molar-refractivity contribution is 8.01. The van der Waals surface area contributed by atoms with Crippen molar-refractivity contribution in [2.45, 2.75) is 29.4 Å². The molecule has 2 aromatic rings. The maximum Gasteiger partial charge on any atom is 0.491 e. The van der Waals surface area contributed by atoms with E-state index in [4.69, 9.17) is 27.9 Å². The quantitative estimate of drug-likeness (QED) is 0.179. The van der Waals surface area contributed by atoms with E-state index >= 15 is 0 Å². The van der Waals surface area contributed by atoms with Gasteiger partial charge >= 0.3 is 18.1 Å². The second-order valence-corrected chi connectivity index (χ2v) is 10.5. The number of benzene rings is 1. The number of thioether (sulfide) groups is 1. The number of hydrogen-bond donors (Lipinski definition) is 1. The zero-order valence-electron chi connectivity index (χ0n) is 18.5. The lowest BCUT2D eigenvalue weighted by atomic mass is 10.2. The van der Waals surface area contributed by atoms with Crippen LogP contribution >= 0.6 is 46.3 Å². The molecule has 196 valence electrons. The smallest absolute Gasteiger partial charge is 0.491 e. The summed E-state index contributed by atoms with van der Waals surface area (Å²) in [5.41, 5.74) is -0.387. The molecule has 1 aliphatic heterocycles. The standard InChI is InChI=1S/C21H20Cl2F3N3O5S2/c22-12-7-13(23)9-15(8-12)33-5-3-27-10-14-1-2-17(30)29(14)4-6-35-20-28-16(11-36-20)18(31)34-19(32)21(24,25)26/h7-9,11,14,27H,1-6,10H2. The van der Waals surface area contributed by atoms with Crippen LogP contribution in [0.4, 0.5) is 13.2 Å². The number of ether oxygens (including phenoxy) is 2. The molecule has 1 fully saturated rings. The molecule has 8 nitrogen and oxygen atoms in total. The van der Waals surface area contributed by atoms with Gasteiger partial charge in [0.05, 0.1) is 0 Å². The highest BCUT2D eigenvalue weighted by Gasteiger charge is 2.42. The van der Waals surface area contributed by atoms with Crippen molar-refractivity contribution >= 4 is 64.1 Å². The Balaban J connectivity index is 1.38. The number of carbonyl (C=O) groups excluding carboxylic acids is 3. The predicted molar refractivity (Wildman–Crippen MR) is 129 cm³/mol. The lowest BCUT2D eigenvalue weighted by Crippen LogP contribution is -2.42. The number of hydrogen-bond acceptors (Lipinski definition) is 9. The number of esters is 2. The first kappa shape index (κ1) is 28.5.